The SMILES string of the molecule is c1ccc(Oc2ncccc2-c2ccncn2)cc1. The molecule has 0 aliphatic carbocycles. The van der Waals surface area contributed by atoms with Gasteiger partial charge in [-0.2, -0.15) is 0 Å². The molecule has 3 aromatic rings. The van der Waals surface area contributed by atoms with Gasteiger partial charge in [0.05, 0.1) is 11.3 Å². The summed E-state index contributed by atoms with van der Waals surface area (Å²) in [5.41, 5.74) is 1.63. The minimum absolute atomic E-state index is 0.535. The lowest BCUT2D eigenvalue weighted by molar-refractivity contribution is 0.465. The molecule has 0 radical (unpaired) electrons. The fourth-order valence-electron chi connectivity index (χ4n) is 1.72. The van der Waals surface area contributed by atoms with Gasteiger partial charge < -0.3 is 4.74 Å². The van der Waals surface area contributed by atoms with E-state index < -0.39 is 0 Å². The minimum atomic E-state index is 0.535. The number of hydrogen-bond acceptors (Lipinski definition) is 4. The largest absolute Gasteiger partial charge is 0.438 e. The van der Waals surface area contributed by atoms with Gasteiger partial charge in [-0.3, -0.25) is 0 Å². The lowest BCUT2D eigenvalue weighted by Gasteiger charge is -2.08. The van der Waals surface area contributed by atoms with E-state index in [-0.39, 0.29) is 0 Å². The average Bonchev–Trinajstić information content (AvgIpc) is 2.50. The molecule has 92 valence electrons. The number of para-hydroxylation sites is 1. The van der Waals surface area contributed by atoms with Gasteiger partial charge in [-0.1, -0.05) is 18.2 Å². The van der Waals surface area contributed by atoms with Gasteiger partial charge in [0.25, 0.3) is 0 Å². The zero-order chi connectivity index (χ0) is 12.9. The molecule has 0 N–H and O–H groups in total. The van der Waals surface area contributed by atoms with Gasteiger partial charge >= 0.3 is 0 Å². The Labute approximate surface area is 110 Å². The second kappa shape index (κ2) is 5.27. The molecule has 0 unspecified atom stereocenters. The Kier molecular flexibility index (Phi) is 3.14. The zero-order valence-electron chi connectivity index (χ0n) is 10.1. The summed E-state index contributed by atoms with van der Waals surface area (Å²) in [6, 6.07) is 15.2. The Balaban J connectivity index is 1.99. The molecule has 2 aromatic heterocycles. The van der Waals surface area contributed by atoms with Gasteiger partial charge in [0.2, 0.25) is 5.88 Å². The van der Waals surface area contributed by atoms with E-state index in [0.29, 0.717) is 5.88 Å². The Bertz CT molecular complexity index is 657. The molecule has 0 fully saturated rings. The van der Waals surface area contributed by atoms with E-state index in [2.05, 4.69) is 15.0 Å². The number of pyridine rings is 1. The van der Waals surface area contributed by atoms with Crippen LogP contribution in [0.4, 0.5) is 0 Å². The molecular weight excluding hydrogens is 238 g/mol. The van der Waals surface area contributed by atoms with E-state index >= 15 is 0 Å². The molecule has 0 spiro atoms. The van der Waals surface area contributed by atoms with Crippen LogP contribution in [0.25, 0.3) is 11.3 Å². The molecule has 0 amide bonds. The summed E-state index contributed by atoms with van der Waals surface area (Å²) in [6.45, 7) is 0. The van der Waals surface area contributed by atoms with Crippen LogP contribution in [0.15, 0.2) is 67.3 Å². The molecule has 0 aliphatic heterocycles. The predicted octanol–water partition coefficient (Wildman–Crippen LogP) is 3.33. The molecule has 0 saturated carbocycles. The summed E-state index contributed by atoms with van der Waals surface area (Å²) in [5.74, 6) is 1.28. The summed E-state index contributed by atoms with van der Waals surface area (Å²) >= 11 is 0. The Hall–Kier alpha value is -2.75. The Morgan fingerprint density at radius 3 is 2.47 bits per heavy atom. The van der Waals surface area contributed by atoms with Crippen molar-refractivity contribution in [1.82, 2.24) is 15.0 Å². The topological polar surface area (TPSA) is 47.9 Å². The van der Waals surface area contributed by atoms with Gasteiger partial charge in [0.1, 0.15) is 12.1 Å². The van der Waals surface area contributed by atoms with Crippen molar-refractivity contribution in [2.24, 2.45) is 0 Å². The van der Waals surface area contributed by atoms with Gasteiger partial charge in [0, 0.05) is 12.4 Å². The fraction of sp³-hybridized carbons (Fsp3) is 0. The molecule has 1 aromatic carbocycles. The third kappa shape index (κ3) is 2.57. The van der Waals surface area contributed by atoms with Crippen LogP contribution in [0.1, 0.15) is 0 Å². The maximum Gasteiger partial charge on any atom is 0.228 e. The van der Waals surface area contributed by atoms with Crippen LogP contribution in [0.5, 0.6) is 11.6 Å². The summed E-state index contributed by atoms with van der Waals surface area (Å²) in [6.07, 6.45) is 4.90. The average molecular weight is 249 g/mol. The highest BCUT2D eigenvalue weighted by Gasteiger charge is 2.08. The third-order valence-electron chi connectivity index (χ3n) is 2.59. The normalized spacial score (nSPS) is 10.1. The van der Waals surface area contributed by atoms with Crippen molar-refractivity contribution in [2.45, 2.75) is 0 Å². The van der Waals surface area contributed by atoms with Crippen LogP contribution in [-0.4, -0.2) is 15.0 Å². The number of nitrogens with zero attached hydrogens (tertiary/aromatic N) is 3. The number of aromatic nitrogens is 3. The van der Waals surface area contributed by atoms with Crippen molar-refractivity contribution in [3.8, 4) is 22.9 Å². The summed E-state index contributed by atoms with van der Waals surface area (Å²) in [7, 11) is 0. The summed E-state index contributed by atoms with van der Waals surface area (Å²) < 4.78 is 5.79. The standard InChI is InChI=1S/C15H11N3O/c1-2-5-12(6-3-1)19-15-13(7-4-9-17-15)14-8-10-16-11-18-14/h1-11H. The van der Waals surface area contributed by atoms with E-state index in [1.54, 1.807) is 12.4 Å². The summed E-state index contributed by atoms with van der Waals surface area (Å²) in [5, 5.41) is 0. The van der Waals surface area contributed by atoms with Gasteiger partial charge in [0.15, 0.2) is 0 Å². The van der Waals surface area contributed by atoms with E-state index in [1.165, 1.54) is 6.33 Å². The zero-order valence-corrected chi connectivity index (χ0v) is 10.1. The van der Waals surface area contributed by atoms with Crippen LogP contribution >= 0.6 is 0 Å². The van der Waals surface area contributed by atoms with Crippen LogP contribution in [0, 0.1) is 0 Å². The van der Waals surface area contributed by atoms with Crippen molar-refractivity contribution in [2.75, 3.05) is 0 Å². The first-order valence-corrected chi connectivity index (χ1v) is 5.88. The molecule has 0 saturated heterocycles. The second-order valence-electron chi connectivity index (χ2n) is 3.87. The first kappa shape index (κ1) is 11.3. The number of benzene rings is 1. The first-order chi connectivity index (χ1) is 9.43. The number of rotatable bonds is 3. The van der Waals surface area contributed by atoms with Crippen molar-refractivity contribution in [3.05, 3.63) is 67.3 Å². The molecule has 0 bridgehead atoms. The van der Waals surface area contributed by atoms with Crippen LogP contribution in [0.2, 0.25) is 0 Å². The van der Waals surface area contributed by atoms with Crippen molar-refractivity contribution in [1.29, 1.82) is 0 Å². The lowest BCUT2D eigenvalue weighted by atomic mass is 10.2. The van der Waals surface area contributed by atoms with Gasteiger partial charge in [-0.15, -0.1) is 0 Å². The van der Waals surface area contributed by atoms with E-state index in [4.69, 9.17) is 4.74 Å². The quantitative estimate of drug-likeness (QED) is 0.714. The summed E-state index contributed by atoms with van der Waals surface area (Å²) in [4.78, 5) is 12.4. The number of ether oxygens (including phenoxy) is 1. The van der Waals surface area contributed by atoms with E-state index in [1.807, 2.05) is 48.5 Å². The van der Waals surface area contributed by atoms with E-state index in [0.717, 1.165) is 17.0 Å². The van der Waals surface area contributed by atoms with Gasteiger partial charge in [-0.05, 0) is 30.3 Å². The van der Waals surface area contributed by atoms with Crippen LogP contribution in [0.3, 0.4) is 0 Å². The Morgan fingerprint density at radius 1 is 0.789 bits per heavy atom. The molecule has 2 heterocycles. The fourth-order valence-corrected chi connectivity index (χ4v) is 1.72. The predicted molar refractivity (Wildman–Crippen MR) is 71.8 cm³/mol. The second-order valence-corrected chi connectivity index (χ2v) is 3.87. The highest BCUT2D eigenvalue weighted by molar-refractivity contribution is 5.64. The Morgan fingerprint density at radius 2 is 1.68 bits per heavy atom. The van der Waals surface area contributed by atoms with Crippen molar-refractivity contribution in [3.63, 3.8) is 0 Å². The first-order valence-electron chi connectivity index (χ1n) is 5.88. The molecule has 3 rings (SSSR count). The molecule has 0 aliphatic rings. The molecule has 4 heteroatoms. The number of hydrogen-bond donors (Lipinski definition) is 0. The molecule has 4 nitrogen and oxygen atoms in total. The lowest BCUT2D eigenvalue weighted by Crippen LogP contribution is -1.92. The van der Waals surface area contributed by atoms with Crippen LogP contribution in [-0.2, 0) is 0 Å². The van der Waals surface area contributed by atoms with Crippen LogP contribution < -0.4 is 4.74 Å². The maximum atomic E-state index is 5.79. The maximum absolute atomic E-state index is 5.79. The van der Waals surface area contributed by atoms with Gasteiger partial charge in [-0.25, -0.2) is 15.0 Å². The smallest absolute Gasteiger partial charge is 0.228 e. The highest BCUT2D eigenvalue weighted by Crippen LogP contribution is 2.29. The van der Waals surface area contributed by atoms with E-state index in [9.17, 15) is 0 Å². The highest BCUT2D eigenvalue weighted by atomic mass is 16.5. The molecule has 19 heavy (non-hydrogen) atoms. The van der Waals surface area contributed by atoms with Crippen molar-refractivity contribution >= 4 is 0 Å². The minimum Gasteiger partial charge on any atom is -0.438 e. The third-order valence-corrected chi connectivity index (χ3v) is 2.59. The monoisotopic (exact) mass is 249 g/mol. The molecular formula is C15H11N3O. The van der Waals surface area contributed by atoms with Crippen molar-refractivity contribution < 1.29 is 4.74 Å². The molecule has 0 atom stereocenters.